The Morgan fingerprint density at radius 2 is 2.04 bits per heavy atom. The molecule has 0 aliphatic rings. The van der Waals surface area contributed by atoms with Gasteiger partial charge in [-0.2, -0.15) is 0 Å². The van der Waals surface area contributed by atoms with E-state index in [1.165, 1.54) is 10.9 Å². The zero-order chi connectivity index (χ0) is 17.8. The molecular weight excluding hydrogens is 316 g/mol. The van der Waals surface area contributed by atoms with Crippen LogP contribution in [0.3, 0.4) is 0 Å². The number of rotatable bonds is 7. The monoisotopic (exact) mass is 338 g/mol. The highest BCUT2D eigenvalue weighted by molar-refractivity contribution is 5.94. The molecule has 130 valence electrons. The number of fused-ring (bicyclic) bond motifs is 1. The molecule has 0 aliphatic heterocycles. The number of aromatic nitrogens is 1. The third-order valence-corrected chi connectivity index (χ3v) is 3.98. The van der Waals surface area contributed by atoms with Crippen molar-refractivity contribution in [3.63, 3.8) is 0 Å². The van der Waals surface area contributed by atoms with Crippen molar-refractivity contribution in [1.82, 2.24) is 4.98 Å². The average Bonchev–Trinajstić information content (AvgIpc) is 2.99. The van der Waals surface area contributed by atoms with Gasteiger partial charge in [-0.25, -0.2) is 4.79 Å². The summed E-state index contributed by atoms with van der Waals surface area (Å²) in [6.45, 7) is 4.47. The fourth-order valence-corrected chi connectivity index (χ4v) is 2.87. The second-order valence-corrected chi connectivity index (χ2v) is 6.22. The molecule has 3 rings (SSSR count). The molecule has 25 heavy (non-hydrogen) atoms. The molecule has 0 radical (unpaired) electrons. The molecule has 0 bridgehead atoms. The zero-order valence-corrected chi connectivity index (χ0v) is 14.4. The summed E-state index contributed by atoms with van der Waals surface area (Å²) < 4.78 is 5.58. The van der Waals surface area contributed by atoms with Crippen LogP contribution in [0.1, 0.15) is 29.8 Å². The Morgan fingerprint density at radius 3 is 2.80 bits per heavy atom. The largest absolute Gasteiger partial charge is 0.491 e. The van der Waals surface area contributed by atoms with E-state index in [-0.39, 0.29) is 11.7 Å². The minimum absolute atomic E-state index is 0.00215. The number of aromatic carboxylic acids is 1. The number of anilines is 1. The summed E-state index contributed by atoms with van der Waals surface area (Å²) in [4.78, 5) is 14.8. The van der Waals surface area contributed by atoms with Gasteiger partial charge in [0.05, 0.1) is 11.7 Å². The van der Waals surface area contributed by atoms with E-state index in [9.17, 15) is 9.90 Å². The minimum atomic E-state index is -0.969. The number of para-hydroxylation sites is 1. The number of aromatic amines is 1. The van der Waals surface area contributed by atoms with Crippen LogP contribution in [-0.2, 0) is 6.42 Å². The van der Waals surface area contributed by atoms with Gasteiger partial charge < -0.3 is 20.1 Å². The molecular formula is C20H22N2O3. The summed E-state index contributed by atoms with van der Waals surface area (Å²) >= 11 is 0. The van der Waals surface area contributed by atoms with Gasteiger partial charge in [0.1, 0.15) is 5.75 Å². The van der Waals surface area contributed by atoms with E-state index in [0.717, 1.165) is 11.9 Å². The maximum absolute atomic E-state index is 11.5. The summed E-state index contributed by atoms with van der Waals surface area (Å²) in [6.07, 6.45) is 2.81. The normalized spacial score (nSPS) is 11.0. The number of benzene rings is 2. The lowest BCUT2D eigenvalue weighted by molar-refractivity contribution is 0.0697. The number of H-pyrrole nitrogens is 1. The van der Waals surface area contributed by atoms with Crippen molar-refractivity contribution in [2.75, 3.05) is 11.9 Å². The van der Waals surface area contributed by atoms with E-state index in [4.69, 9.17) is 4.74 Å². The Labute approximate surface area is 146 Å². The van der Waals surface area contributed by atoms with Gasteiger partial charge >= 0.3 is 5.97 Å². The molecule has 0 unspecified atom stereocenters. The van der Waals surface area contributed by atoms with Crippen LogP contribution in [0.15, 0.2) is 48.7 Å². The van der Waals surface area contributed by atoms with Crippen LogP contribution in [0.2, 0.25) is 0 Å². The second-order valence-electron chi connectivity index (χ2n) is 6.22. The summed E-state index contributed by atoms with van der Waals surface area (Å²) in [5.41, 5.74) is 3.14. The lowest BCUT2D eigenvalue weighted by atomic mass is 10.1. The van der Waals surface area contributed by atoms with E-state index in [1.54, 1.807) is 18.2 Å². The first kappa shape index (κ1) is 16.9. The van der Waals surface area contributed by atoms with E-state index in [1.807, 2.05) is 38.2 Å². The third-order valence-electron chi connectivity index (χ3n) is 3.98. The molecule has 0 saturated carbocycles. The van der Waals surface area contributed by atoms with Crippen LogP contribution in [0.4, 0.5) is 5.69 Å². The predicted octanol–water partition coefficient (Wildman–Crippen LogP) is 4.31. The van der Waals surface area contributed by atoms with Crippen LogP contribution in [0.5, 0.6) is 5.75 Å². The molecule has 5 nitrogen and oxygen atoms in total. The minimum Gasteiger partial charge on any atom is -0.491 e. The Bertz CT molecular complexity index is 884. The Morgan fingerprint density at radius 1 is 1.24 bits per heavy atom. The Kier molecular flexibility index (Phi) is 4.93. The number of hydrogen-bond acceptors (Lipinski definition) is 3. The second kappa shape index (κ2) is 7.30. The van der Waals surface area contributed by atoms with Crippen molar-refractivity contribution in [2.45, 2.75) is 26.4 Å². The number of hydrogen-bond donors (Lipinski definition) is 3. The number of nitrogens with one attached hydrogen (secondary N) is 2. The SMILES string of the molecule is CC(C)Oc1ccc(NCCc2c[nH]c3ccccc23)c(C(=O)O)c1. The first-order valence-corrected chi connectivity index (χ1v) is 8.37. The van der Waals surface area contributed by atoms with Crippen LogP contribution >= 0.6 is 0 Å². The lowest BCUT2D eigenvalue weighted by Crippen LogP contribution is -2.11. The molecule has 1 aromatic heterocycles. The zero-order valence-electron chi connectivity index (χ0n) is 14.4. The number of carboxylic acid groups (broad SMARTS) is 1. The molecule has 0 amide bonds. The maximum Gasteiger partial charge on any atom is 0.337 e. The molecule has 3 N–H and O–H groups in total. The fraction of sp³-hybridized carbons (Fsp3) is 0.250. The van der Waals surface area contributed by atoms with Crippen LogP contribution in [-0.4, -0.2) is 28.7 Å². The number of ether oxygens (including phenoxy) is 1. The third kappa shape index (κ3) is 3.94. The standard InChI is InChI=1S/C20H22N2O3/c1-13(2)25-15-7-8-19(17(11-15)20(23)24)21-10-9-14-12-22-18-6-4-3-5-16(14)18/h3-8,11-13,21-22H,9-10H2,1-2H3,(H,23,24). The molecule has 0 fully saturated rings. The average molecular weight is 338 g/mol. The van der Waals surface area contributed by atoms with Gasteiger partial charge in [0.25, 0.3) is 0 Å². The van der Waals surface area contributed by atoms with Gasteiger partial charge in [-0.15, -0.1) is 0 Å². The van der Waals surface area contributed by atoms with E-state index in [2.05, 4.69) is 16.4 Å². The number of carbonyl (C=O) groups is 1. The van der Waals surface area contributed by atoms with Gasteiger partial charge in [0.15, 0.2) is 0 Å². The van der Waals surface area contributed by atoms with E-state index >= 15 is 0 Å². The highest BCUT2D eigenvalue weighted by Crippen LogP contribution is 2.24. The molecule has 1 heterocycles. The maximum atomic E-state index is 11.5. The van der Waals surface area contributed by atoms with Crippen molar-refractivity contribution in [2.24, 2.45) is 0 Å². The molecule has 2 aromatic carbocycles. The van der Waals surface area contributed by atoms with Crippen molar-refractivity contribution in [3.8, 4) is 5.75 Å². The highest BCUT2D eigenvalue weighted by atomic mass is 16.5. The van der Waals surface area contributed by atoms with Crippen molar-refractivity contribution in [3.05, 3.63) is 59.8 Å². The van der Waals surface area contributed by atoms with Gasteiger partial charge in [-0.1, -0.05) is 18.2 Å². The van der Waals surface area contributed by atoms with Crippen LogP contribution in [0.25, 0.3) is 10.9 Å². The van der Waals surface area contributed by atoms with Crippen molar-refractivity contribution < 1.29 is 14.6 Å². The molecule has 0 atom stereocenters. The quantitative estimate of drug-likeness (QED) is 0.600. The summed E-state index contributed by atoms with van der Waals surface area (Å²) in [6, 6.07) is 13.3. The topological polar surface area (TPSA) is 74.3 Å². The molecule has 0 spiro atoms. The van der Waals surface area contributed by atoms with Crippen molar-refractivity contribution >= 4 is 22.6 Å². The van der Waals surface area contributed by atoms with Gasteiger partial charge in [0, 0.05) is 29.3 Å². The Balaban J connectivity index is 1.71. The predicted molar refractivity (Wildman–Crippen MR) is 99.7 cm³/mol. The number of carboxylic acids is 1. The highest BCUT2D eigenvalue weighted by Gasteiger charge is 2.12. The van der Waals surface area contributed by atoms with Gasteiger partial charge in [0.2, 0.25) is 0 Å². The fourth-order valence-electron chi connectivity index (χ4n) is 2.87. The smallest absolute Gasteiger partial charge is 0.337 e. The summed E-state index contributed by atoms with van der Waals surface area (Å²) in [5, 5.41) is 13.9. The Hall–Kier alpha value is -2.95. The molecule has 0 saturated heterocycles. The summed E-state index contributed by atoms with van der Waals surface area (Å²) in [7, 11) is 0. The molecule has 0 aliphatic carbocycles. The summed E-state index contributed by atoms with van der Waals surface area (Å²) in [5.74, 6) is -0.404. The molecule has 5 heteroatoms. The van der Waals surface area contributed by atoms with Gasteiger partial charge in [-0.3, -0.25) is 0 Å². The van der Waals surface area contributed by atoms with E-state index < -0.39 is 5.97 Å². The first-order chi connectivity index (χ1) is 12.0. The lowest BCUT2D eigenvalue weighted by Gasteiger charge is -2.14. The van der Waals surface area contributed by atoms with Gasteiger partial charge in [-0.05, 0) is 50.1 Å². The first-order valence-electron chi connectivity index (χ1n) is 8.37. The van der Waals surface area contributed by atoms with Crippen LogP contribution < -0.4 is 10.1 Å². The van der Waals surface area contributed by atoms with E-state index in [0.29, 0.717) is 18.0 Å². The molecule has 3 aromatic rings. The van der Waals surface area contributed by atoms with Crippen LogP contribution in [0, 0.1) is 0 Å². The van der Waals surface area contributed by atoms with Crippen molar-refractivity contribution in [1.29, 1.82) is 0 Å².